The van der Waals surface area contributed by atoms with Crippen LogP contribution in [0.1, 0.15) is 50.4 Å². The molecule has 0 radical (unpaired) electrons. The molecule has 5 rings (SSSR count). The van der Waals surface area contributed by atoms with Crippen LogP contribution in [0.3, 0.4) is 0 Å². The van der Waals surface area contributed by atoms with Crippen LogP contribution in [0.25, 0.3) is 6.08 Å². The number of non-ortho nitro benzene ring substituents is 1. The van der Waals surface area contributed by atoms with Gasteiger partial charge in [-0.1, -0.05) is 29.5 Å². The first kappa shape index (κ1) is 33.9. The number of hydrogen-bond acceptors (Lipinski definition) is 10. The molecule has 0 amide bonds. The smallest absolute Gasteiger partial charge is 0.338 e. The Morgan fingerprint density at radius 3 is 2.53 bits per heavy atom. The summed E-state index contributed by atoms with van der Waals surface area (Å²) >= 11 is 3.36. The molecular formula is C34H32IN3O8S. The van der Waals surface area contributed by atoms with Crippen molar-refractivity contribution >= 4 is 51.7 Å². The van der Waals surface area contributed by atoms with Crippen molar-refractivity contribution < 1.29 is 28.7 Å². The van der Waals surface area contributed by atoms with Gasteiger partial charge in [-0.15, -0.1) is 0 Å². The van der Waals surface area contributed by atoms with Gasteiger partial charge in [0.15, 0.2) is 16.3 Å². The van der Waals surface area contributed by atoms with E-state index < -0.39 is 16.9 Å². The number of fused-ring (bicyclic) bond motifs is 1. The summed E-state index contributed by atoms with van der Waals surface area (Å²) in [6.07, 6.45) is 1.62. The molecule has 47 heavy (non-hydrogen) atoms. The Bertz CT molecular complexity index is 2050. The van der Waals surface area contributed by atoms with Gasteiger partial charge in [0.1, 0.15) is 18.4 Å². The number of nitro benzene ring substituents is 1. The minimum atomic E-state index is -0.813. The number of thiazole rings is 1. The molecule has 0 saturated heterocycles. The fourth-order valence-corrected chi connectivity index (χ4v) is 6.97. The van der Waals surface area contributed by atoms with E-state index in [9.17, 15) is 19.7 Å². The highest BCUT2D eigenvalue weighted by Crippen LogP contribution is 2.37. The Labute approximate surface area is 288 Å². The topological polar surface area (TPSA) is 131 Å². The van der Waals surface area contributed by atoms with E-state index in [-0.39, 0.29) is 36.1 Å². The number of para-hydroxylation sites is 1. The van der Waals surface area contributed by atoms with Crippen molar-refractivity contribution in [3.05, 3.63) is 122 Å². The standard InChI is InChI=1S/C34H32IN3O8S/c1-6-44-33(40)29-20(4)36-34-37(30(29)24-9-7-8-10-26(24)46-19(2)3)32(39)28(47-34)17-22-15-25(35)31(27(16-22)43-5)45-18-21-11-13-23(14-12-21)38(41)42/h7-17,19,30H,6,18H2,1-5H3/b28-17+/t30-/m1/s1. The van der Waals surface area contributed by atoms with Crippen LogP contribution in [0.2, 0.25) is 0 Å². The number of rotatable bonds is 11. The van der Waals surface area contributed by atoms with Crippen molar-refractivity contribution in [3.63, 3.8) is 0 Å². The van der Waals surface area contributed by atoms with Crippen LogP contribution in [0.4, 0.5) is 5.69 Å². The van der Waals surface area contributed by atoms with Crippen molar-refractivity contribution in [1.82, 2.24) is 4.57 Å². The van der Waals surface area contributed by atoms with Crippen molar-refractivity contribution in [1.29, 1.82) is 0 Å². The van der Waals surface area contributed by atoms with E-state index >= 15 is 0 Å². The van der Waals surface area contributed by atoms with Crippen molar-refractivity contribution in [3.8, 4) is 17.2 Å². The molecule has 13 heteroatoms. The molecule has 1 atom stereocenters. The van der Waals surface area contributed by atoms with Gasteiger partial charge in [-0.05, 0) is 97.8 Å². The average molecular weight is 770 g/mol. The van der Waals surface area contributed by atoms with Gasteiger partial charge >= 0.3 is 5.97 Å². The predicted molar refractivity (Wildman–Crippen MR) is 186 cm³/mol. The van der Waals surface area contributed by atoms with Gasteiger partial charge in [0.25, 0.3) is 11.2 Å². The van der Waals surface area contributed by atoms with Crippen LogP contribution >= 0.6 is 33.9 Å². The summed E-state index contributed by atoms with van der Waals surface area (Å²) in [5, 5.41) is 11.0. The SMILES string of the molecule is CCOC(=O)C1=C(C)N=c2s/c(=C/c3cc(I)c(OCc4ccc([N+](=O)[O-])cc4)c(OC)c3)c(=O)n2[C@@H]1c1ccccc1OC(C)C. The van der Waals surface area contributed by atoms with E-state index in [0.29, 0.717) is 43.4 Å². The van der Waals surface area contributed by atoms with Crippen LogP contribution in [-0.4, -0.2) is 35.3 Å². The normalized spacial score (nSPS) is 14.4. The van der Waals surface area contributed by atoms with E-state index in [1.54, 1.807) is 38.1 Å². The summed E-state index contributed by atoms with van der Waals surface area (Å²) in [6.45, 7) is 7.65. The van der Waals surface area contributed by atoms with Gasteiger partial charge in [0, 0.05) is 17.7 Å². The first-order chi connectivity index (χ1) is 22.5. The molecule has 4 aromatic rings. The third-order valence-electron chi connectivity index (χ3n) is 7.17. The second-order valence-corrected chi connectivity index (χ2v) is 12.9. The number of hydrogen-bond donors (Lipinski definition) is 0. The second kappa shape index (κ2) is 14.5. The molecule has 1 aliphatic rings. The number of methoxy groups -OCH3 is 1. The van der Waals surface area contributed by atoms with Gasteiger partial charge in [0.2, 0.25) is 0 Å². The molecule has 0 unspecified atom stereocenters. The minimum Gasteiger partial charge on any atom is -0.493 e. The Morgan fingerprint density at radius 1 is 1.15 bits per heavy atom. The highest BCUT2D eigenvalue weighted by Gasteiger charge is 2.35. The Balaban J connectivity index is 1.57. The van der Waals surface area contributed by atoms with Crippen LogP contribution < -0.4 is 29.1 Å². The first-order valence-corrected chi connectivity index (χ1v) is 16.6. The lowest BCUT2D eigenvalue weighted by Crippen LogP contribution is -2.40. The molecule has 0 aliphatic carbocycles. The Morgan fingerprint density at radius 2 is 1.87 bits per heavy atom. The van der Waals surface area contributed by atoms with E-state index in [1.807, 2.05) is 44.2 Å². The van der Waals surface area contributed by atoms with E-state index in [1.165, 1.54) is 35.1 Å². The zero-order valence-electron chi connectivity index (χ0n) is 26.3. The quantitative estimate of drug-likeness (QED) is 0.0824. The Hall–Kier alpha value is -4.50. The number of esters is 1. The van der Waals surface area contributed by atoms with Gasteiger partial charge in [-0.2, -0.15) is 0 Å². The number of carbonyl (C=O) groups excluding carboxylic acids is 1. The maximum absolute atomic E-state index is 14.2. The number of nitrogens with zero attached hydrogens (tertiary/aromatic N) is 3. The number of halogens is 1. The molecule has 1 aromatic heterocycles. The van der Waals surface area contributed by atoms with Crippen LogP contribution in [0.15, 0.2) is 81.7 Å². The van der Waals surface area contributed by atoms with Gasteiger partial charge in [0.05, 0.1) is 44.1 Å². The van der Waals surface area contributed by atoms with E-state index in [4.69, 9.17) is 18.9 Å². The summed E-state index contributed by atoms with van der Waals surface area (Å²) < 4.78 is 25.9. The average Bonchev–Trinajstić information content (AvgIpc) is 3.33. The molecule has 0 bridgehead atoms. The molecule has 244 valence electrons. The summed E-state index contributed by atoms with van der Waals surface area (Å²) in [5.41, 5.74) is 2.52. The van der Waals surface area contributed by atoms with Gasteiger partial charge in [-0.25, -0.2) is 9.79 Å². The summed E-state index contributed by atoms with van der Waals surface area (Å²) in [5.74, 6) is 0.968. The minimum absolute atomic E-state index is 0.00208. The number of benzene rings is 3. The zero-order chi connectivity index (χ0) is 33.8. The molecule has 0 spiro atoms. The lowest BCUT2D eigenvalue weighted by atomic mass is 9.95. The number of carbonyl (C=O) groups is 1. The molecule has 3 aromatic carbocycles. The number of nitro groups is 1. The monoisotopic (exact) mass is 769 g/mol. The number of ether oxygens (including phenoxy) is 4. The van der Waals surface area contributed by atoms with Crippen molar-refractivity contribution in [2.45, 2.75) is 46.4 Å². The predicted octanol–water partition coefficient (Wildman–Crippen LogP) is 5.69. The lowest BCUT2D eigenvalue weighted by molar-refractivity contribution is -0.384. The molecule has 11 nitrogen and oxygen atoms in total. The molecule has 0 N–H and O–H groups in total. The van der Waals surface area contributed by atoms with Crippen LogP contribution in [0, 0.1) is 13.7 Å². The number of aromatic nitrogens is 1. The van der Waals surface area contributed by atoms with E-state index in [0.717, 1.165) is 9.13 Å². The summed E-state index contributed by atoms with van der Waals surface area (Å²) in [7, 11) is 1.53. The van der Waals surface area contributed by atoms with Crippen molar-refractivity contribution in [2.75, 3.05) is 13.7 Å². The summed E-state index contributed by atoms with van der Waals surface area (Å²) in [6, 6.07) is 16.3. The van der Waals surface area contributed by atoms with Crippen LogP contribution in [0.5, 0.6) is 17.2 Å². The van der Waals surface area contributed by atoms with Crippen molar-refractivity contribution in [2.24, 2.45) is 4.99 Å². The fourth-order valence-electron chi connectivity index (χ4n) is 5.14. The largest absolute Gasteiger partial charge is 0.493 e. The zero-order valence-corrected chi connectivity index (χ0v) is 29.3. The fraction of sp³-hybridized carbons (Fsp3) is 0.265. The highest BCUT2D eigenvalue weighted by atomic mass is 127. The Kier molecular flexibility index (Phi) is 10.4. The first-order valence-electron chi connectivity index (χ1n) is 14.7. The van der Waals surface area contributed by atoms with Gasteiger partial charge < -0.3 is 18.9 Å². The molecule has 0 saturated carbocycles. The summed E-state index contributed by atoms with van der Waals surface area (Å²) in [4.78, 5) is 43.1. The maximum atomic E-state index is 14.2. The number of allylic oxidation sites excluding steroid dienone is 1. The van der Waals surface area contributed by atoms with Gasteiger partial charge in [-0.3, -0.25) is 19.5 Å². The maximum Gasteiger partial charge on any atom is 0.338 e. The molecule has 2 heterocycles. The second-order valence-electron chi connectivity index (χ2n) is 10.8. The highest BCUT2D eigenvalue weighted by molar-refractivity contribution is 14.1. The third kappa shape index (κ3) is 7.25. The molecule has 0 fully saturated rings. The van der Waals surface area contributed by atoms with Crippen LogP contribution in [-0.2, 0) is 16.1 Å². The molecular weight excluding hydrogens is 737 g/mol. The van der Waals surface area contributed by atoms with E-state index in [2.05, 4.69) is 27.6 Å². The molecule has 1 aliphatic heterocycles. The lowest BCUT2D eigenvalue weighted by Gasteiger charge is -2.26. The third-order valence-corrected chi connectivity index (χ3v) is 8.96.